The fraction of sp³-hybridized carbons (Fsp3) is 0.250. The lowest BCUT2D eigenvalue weighted by molar-refractivity contribution is 0.0657. The molecule has 4 nitrogen and oxygen atoms in total. The van der Waals surface area contributed by atoms with E-state index in [1.54, 1.807) is 24.3 Å². The van der Waals surface area contributed by atoms with Gasteiger partial charge in [-0.2, -0.15) is 0 Å². The van der Waals surface area contributed by atoms with Gasteiger partial charge in [0.05, 0.1) is 12.7 Å². The summed E-state index contributed by atoms with van der Waals surface area (Å²) in [5.74, 6) is 0.0210. The molecule has 0 unspecified atom stereocenters. The molecule has 0 bridgehead atoms. The van der Waals surface area contributed by atoms with Gasteiger partial charge in [-0.3, -0.25) is 4.79 Å². The first-order valence-electron chi connectivity index (χ1n) is 8.18. The number of amides is 1. The van der Waals surface area contributed by atoms with E-state index in [1.165, 1.54) is 0 Å². The van der Waals surface area contributed by atoms with Crippen LogP contribution >= 0.6 is 11.6 Å². The smallest absolute Gasteiger partial charge is 0.287 e. The second-order valence-corrected chi connectivity index (χ2v) is 6.59. The van der Waals surface area contributed by atoms with Crippen LogP contribution in [0.15, 0.2) is 52.9 Å². The minimum atomic E-state index is -0.254. The normalized spacial score (nSPS) is 11.2. The molecule has 0 atom stereocenters. The number of halogens is 1. The lowest BCUT2D eigenvalue weighted by Gasteiger charge is -2.09. The highest BCUT2D eigenvalue weighted by Gasteiger charge is 2.12. The van der Waals surface area contributed by atoms with E-state index in [1.807, 2.05) is 38.1 Å². The van der Waals surface area contributed by atoms with Crippen molar-refractivity contribution < 1.29 is 13.9 Å². The third kappa shape index (κ3) is 4.62. The van der Waals surface area contributed by atoms with Crippen molar-refractivity contribution in [2.24, 2.45) is 0 Å². The summed E-state index contributed by atoms with van der Waals surface area (Å²) in [4.78, 5) is 12.3. The first kappa shape index (κ1) is 17.5. The number of fused-ring (bicyclic) bond motifs is 1. The maximum absolute atomic E-state index is 12.3. The van der Waals surface area contributed by atoms with Crippen LogP contribution in [0.5, 0.6) is 0 Å². The van der Waals surface area contributed by atoms with Crippen molar-refractivity contribution in [3.63, 3.8) is 0 Å². The SMILES string of the molecule is CC(C)OCc1cccc(CNC(=O)c2cc3cc(Cl)ccc3o2)c1. The number of carbonyl (C=O) groups is 1. The highest BCUT2D eigenvalue weighted by molar-refractivity contribution is 6.31. The van der Waals surface area contributed by atoms with Gasteiger partial charge < -0.3 is 14.5 Å². The molecule has 0 aliphatic heterocycles. The van der Waals surface area contributed by atoms with E-state index in [0.717, 1.165) is 16.5 Å². The van der Waals surface area contributed by atoms with Gasteiger partial charge in [0.15, 0.2) is 5.76 Å². The number of hydrogen-bond acceptors (Lipinski definition) is 3. The number of nitrogens with one attached hydrogen (secondary N) is 1. The second kappa shape index (κ2) is 7.72. The molecule has 25 heavy (non-hydrogen) atoms. The van der Waals surface area contributed by atoms with Gasteiger partial charge in [-0.05, 0) is 49.2 Å². The highest BCUT2D eigenvalue weighted by atomic mass is 35.5. The van der Waals surface area contributed by atoms with E-state index in [0.29, 0.717) is 23.8 Å². The number of rotatable bonds is 6. The topological polar surface area (TPSA) is 51.5 Å². The van der Waals surface area contributed by atoms with E-state index >= 15 is 0 Å². The van der Waals surface area contributed by atoms with E-state index in [9.17, 15) is 4.79 Å². The Morgan fingerprint density at radius 1 is 1.16 bits per heavy atom. The first-order chi connectivity index (χ1) is 12.0. The van der Waals surface area contributed by atoms with Crippen LogP contribution in [-0.2, 0) is 17.9 Å². The maximum atomic E-state index is 12.3. The fourth-order valence-electron chi connectivity index (χ4n) is 2.49. The second-order valence-electron chi connectivity index (χ2n) is 6.16. The molecule has 1 amide bonds. The zero-order chi connectivity index (χ0) is 17.8. The third-order valence-electron chi connectivity index (χ3n) is 3.73. The molecule has 0 aliphatic rings. The van der Waals surface area contributed by atoms with Crippen molar-refractivity contribution in [1.29, 1.82) is 0 Å². The van der Waals surface area contributed by atoms with E-state index in [2.05, 4.69) is 5.32 Å². The maximum Gasteiger partial charge on any atom is 0.287 e. The van der Waals surface area contributed by atoms with Crippen molar-refractivity contribution >= 4 is 28.5 Å². The molecule has 1 heterocycles. The summed E-state index contributed by atoms with van der Waals surface area (Å²) in [5.41, 5.74) is 2.73. The van der Waals surface area contributed by atoms with Crippen LogP contribution in [0.4, 0.5) is 0 Å². The van der Waals surface area contributed by atoms with Crippen LogP contribution in [-0.4, -0.2) is 12.0 Å². The zero-order valence-electron chi connectivity index (χ0n) is 14.2. The summed E-state index contributed by atoms with van der Waals surface area (Å²) in [6, 6.07) is 14.9. The molecular formula is C20H20ClNO3. The van der Waals surface area contributed by atoms with Crippen LogP contribution in [0.2, 0.25) is 5.02 Å². The highest BCUT2D eigenvalue weighted by Crippen LogP contribution is 2.23. The average Bonchev–Trinajstić information content (AvgIpc) is 3.01. The molecule has 0 saturated heterocycles. The lowest BCUT2D eigenvalue weighted by atomic mass is 10.1. The predicted octanol–water partition coefficient (Wildman–Crippen LogP) is 4.94. The Hall–Kier alpha value is -2.30. The number of furan rings is 1. The average molecular weight is 358 g/mol. The molecule has 0 aliphatic carbocycles. The molecule has 3 rings (SSSR count). The fourth-order valence-corrected chi connectivity index (χ4v) is 2.67. The van der Waals surface area contributed by atoms with Crippen LogP contribution < -0.4 is 5.32 Å². The Kier molecular flexibility index (Phi) is 5.41. The molecule has 5 heteroatoms. The summed E-state index contributed by atoms with van der Waals surface area (Å²) in [7, 11) is 0. The Bertz CT molecular complexity index is 886. The van der Waals surface area contributed by atoms with E-state index in [-0.39, 0.29) is 17.8 Å². The molecule has 3 aromatic rings. The standard InChI is InChI=1S/C20H20ClNO3/c1-13(2)24-12-15-5-3-4-14(8-15)11-22-20(23)19-10-16-9-17(21)6-7-18(16)25-19/h3-10,13H,11-12H2,1-2H3,(H,22,23). The van der Waals surface area contributed by atoms with E-state index in [4.69, 9.17) is 20.8 Å². The van der Waals surface area contributed by atoms with Gasteiger partial charge in [0.2, 0.25) is 0 Å². The minimum Gasteiger partial charge on any atom is -0.451 e. The molecule has 2 aromatic carbocycles. The van der Waals surface area contributed by atoms with E-state index < -0.39 is 0 Å². The Balaban J connectivity index is 1.64. The number of hydrogen-bond donors (Lipinski definition) is 1. The van der Waals surface area contributed by atoms with Crippen LogP contribution in [0.25, 0.3) is 11.0 Å². The molecular weight excluding hydrogens is 338 g/mol. The van der Waals surface area contributed by atoms with Crippen molar-refractivity contribution in [1.82, 2.24) is 5.32 Å². The zero-order valence-corrected chi connectivity index (χ0v) is 15.0. The van der Waals surface area contributed by atoms with Crippen LogP contribution in [0.3, 0.4) is 0 Å². The molecule has 1 aromatic heterocycles. The third-order valence-corrected chi connectivity index (χ3v) is 3.97. The number of ether oxygens (including phenoxy) is 1. The molecule has 0 spiro atoms. The minimum absolute atomic E-state index is 0.185. The van der Waals surface area contributed by atoms with Gasteiger partial charge in [-0.25, -0.2) is 0 Å². The van der Waals surface area contributed by atoms with Gasteiger partial charge in [-0.1, -0.05) is 35.9 Å². The molecule has 0 saturated carbocycles. The molecule has 0 fully saturated rings. The van der Waals surface area contributed by atoms with Crippen LogP contribution in [0.1, 0.15) is 35.5 Å². The summed E-state index contributed by atoms with van der Waals surface area (Å²) in [5, 5.41) is 4.30. The van der Waals surface area contributed by atoms with Gasteiger partial charge >= 0.3 is 0 Å². The predicted molar refractivity (Wildman–Crippen MR) is 98.8 cm³/mol. The van der Waals surface area contributed by atoms with Gasteiger partial charge in [0.25, 0.3) is 5.91 Å². The quantitative estimate of drug-likeness (QED) is 0.679. The lowest BCUT2D eigenvalue weighted by Crippen LogP contribution is -2.22. The van der Waals surface area contributed by atoms with Crippen molar-refractivity contribution in [2.45, 2.75) is 33.1 Å². The molecule has 130 valence electrons. The number of carbonyl (C=O) groups excluding carboxylic acids is 1. The van der Waals surface area contributed by atoms with Gasteiger partial charge in [0, 0.05) is 17.0 Å². The van der Waals surface area contributed by atoms with Crippen molar-refractivity contribution in [2.75, 3.05) is 0 Å². The monoisotopic (exact) mass is 357 g/mol. The van der Waals surface area contributed by atoms with Crippen molar-refractivity contribution in [3.8, 4) is 0 Å². The Morgan fingerprint density at radius 3 is 2.76 bits per heavy atom. The summed E-state index contributed by atoms with van der Waals surface area (Å²) >= 11 is 5.96. The van der Waals surface area contributed by atoms with Crippen LogP contribution in [0, 0.1) is 0 Å². The van der Waals surface area contributed by atoms with Gasteiger partial charge in [-0.15, -0.1) is 0 Å². The number of benzene rings is 2. The van der Waals surface area contributed by atoms with Gasteiger partial charge in [0.1, 0.15) is 5.58 Å². The summed E-state index contributed by atoms with van der Waals surface area (Å²) < 4.78 is 11.2. The van der Waals surface area contributed by atoms with Crippen molar-refractivity contribution in [3.05, 3.63) is 70.4 Å². The Labute approximate surface area is 151 Å². The first-order valence-corrected chi connectivity index (χ1v) is 8.56. The largest absolute Gasteiger partial charge is 0.451 e. The summed E-state index contributed by atoms with van der Waals surface area (Å²) in [6.45, 7) is 4.99. The molecule has 0 radical (unpaired) electrons. The summed E-state index contributed by atoms with van der Waals surface area (Å²) in [6.07, 6.45) is 0.185. The Morgan fingerprint density at radius 2 is 1.96 bits per heavy atom. The molecule has 1 N–H and O–H groups in total.